The van der Waals surface area contributed by atoms with Crippen LogP contribution in [0.2, 0.25) is 0 Å². The molecule has 1 aromatic carbocycles. The number of piperazine rings is 1. The second-order valence-electron chi connectivity index (χ2n) is 6.19. The monoisotopic (exact) mass is 330 g/mol. The van der Waals surface area contributed by atoms with Crippen LogP contribution >= 0.6 is 0 Å². The number of rotatable bonds is 5. The number of benzene rings is 1. The predicted octanol–water partition coefficient (Wildman–Crippen LogP) is 0.285. The summed E-state index contributed by atoms with van der Waals surface area (Å²) in [5, 5.41) is 22.3. The van der Waals surface area contributed by atoms with Crippen LogP contribution in [0.5, 0.6) is 0 Å². The van der Waals surface area contributed by atoms with Gasteiger partial charge in [-0.25, -0.2) is 14.8 Å². The minimum atomic E-state index is -0.800. The zero-order chi connectivity index (χ0) is 17.2. The molecule has 0 spiro atoms. The molecule has 2 heterocycles. The molecular weight excluding hydrogens is 306 g/mol. The molecule has 1 fully saturated rings. The maximum absolute atomic E-state index is 13.0. The number of hydrogen-bond acceptors (Lipinski definition) is 4. The molecule has 2 aromatic rings. The minimum Gasteiger partial charge on any atom is -0.391 e. The molecule has 129 valence electrons. The molecule has 2 N–H and O–H groups in total. The Balaban J connectivity index is 2.10. The molecule has 0 saturated carbocycles. The van der Waals surface area contributed by atoms with E-state index in [1.807, 2.05) is 37.3 Å². The Kier molecular flexibility index (Phi) is 4.84. The van der Waals surface area contributed by atoms with Crippen LogP contribution in [0.15, 0.2) is 41.5 Å². The van der Waals surface area contributed by atoms with Crippen LogP contribution in [0.25, 0.3) is 0 Å². The molecule has 0 bridgehead atoms. The molecule has 0 amide bonds. The Bertz CT molecular complexity index is 716. The van der Waals surface area contributed by atoms with Crippen molar-refractivity contribution in [3.63, 3.8) is 0 Å². The van der Waals surface area contributed by atoms with Crippen molar-refractivity contribution in [1.29, 1.82) is 0 Å². The van der Waals surface area contributed by atoms with Crippen LogP contribution in [-0.2, 0) is 5.66 Å². The fourth-order valence-corrected chi connectivity index (χ4v) is 3.35. The lowest BCUT2D eigenvalue weighted by atomic mass is 9.97. The van der Waals surface area contributed by atoms with E-state index in [-0.39, 0.29) is 11.7 Å². The first-order chi connectivity index (χ1) is 11.6. The number of aromatic nitrogens is 3. The van der Waals surface area contributed by atoms with E-state index in [0.717, 1.165) is 12.1 Å². The lowest BCUT2D eigenvalue weighted by molar-refractivity contribution is 0.116. The fraction of sp³-hybridized carbons (Fsp3) is 0.529. The van der Waals surface area contributed by atoms with Crippen LogP contribution in [0.3, 0.4) is 0 Å². The highest BCUT2D eigenvalue weighted by Gasteiger charge is 2.39. The summed E-state index contributed by atoms with van der Waals surface area (Å²) in [4.78, 5) is 13.0. The van der Waals surface area contributed by atoms with Gasteiger partial charge in [-0.3, -0.25) is 4.57 Å². The number of nitrogens with one attached hydrogen (secondary N) is 1. The molecule has 1 saturated heterocycles. The van der Waals surface area contributed by atoms with Gasteiger partial charge in [0.05, 0.1) is 12.1 Å². The van der Waals surface area contributed by atoms with Gasteiger partial charge in [-0.05, 0) is 18.9 Å². The van der Waals surface area contributed by atoms with Gasteiger partial charge in [0.15, 0.2) is 5.66 Å². The summed E-state index contributed by atoms with van der Waals surface area (Å²) >= 11 is 0. The first-order valence-corrected chi connectivity index (χ1v) is 8.39. The van der Waals surface area contributed by atoms with E-state index >= 15 is 0 Å². The SMILES string of the molecule is CCC(C(C)O)n1ncn(C2(c3ccccc3)CNCC[N]2)c1=O. The van der Waals surface area contributed by atoms with E-state index in [1.165, 1.54) is 11.0 Å². The van der Waals surface area contributed by atoms with Gasteiger partial charge in [-0.2, -0.15) is 5.10 Å². The molecule has 1 radical (unpaired) electrons. The van der Waals surface area contributed by atoms with Crippen LogP contribution in [0, 0.1) is 0 Å². The molecule has 3 unspecified atom stereocenters. The second-order valence-corrected chi connectivity index (χ2v) is 6.19. The van der Waals surface area contributed by atoms with E-state index in [1.54, 1.807) is 11.5 Å². The average molecular weight is 330 g/mol. The summed E-state index contributed by atoms with van der Waals surface area (Å²) in [6.45, 7) is 5.57. The van der Waals surface area contributed by atoms with Crippen molar-refractivity contribution in [3.8, 4) is 0 Å². The minimum absolute atomic E-state index is 0.251. The molecule has 1 aliphatic heterocycles. The van der Waals surface area contributed by atoms with Crippen LogP contribution < -0.4 is 16.3 Å². The van der Waals surface area contributed by atoms with Crippen molar-refractivity contribution < 1.29 is 5.11 Å². The quantitative estimate of drug-likeness (QED) is 0.825. The predicted molar refractivity (Wildman–Crippen MR) is 90.9 cm³/mol. The Hall–Kier alpha value is -1.96. The standard InChI is InChI=1S/C17H24N5O2/c1-3-15(13(2)23)22-16(24)21(12-20-22)17(11-18-9-10-19-17)14-7-5-4-6-8-14/h4-8,12-13,15,18,23H,3,9-11H2,1-2H3. The van der Waals surface area contributed by atoms with Crippen molar-refractivity contribution in [3.05, 3.63) is 52.7 Å². The van der Waals surface area contributed by atoms with Crippen molar-refractivity contribution >= 4 is 0 Å². The first kappa shape index (κ1) is 16.9. The normalized spacial score (nSPS) is 23.8. The van der Waals surface area contributed by atoms with Crippen molar-refractivity contribution in [1.82, 2.24) is 25.0 Å². The average Bonchev–Trinajstić information content (AvgIpc) is 2.99. The van der Waals surface area contributed by atoms with Gasteiger partial charge >= 0.3 is 5.69 Å². The molecule has 7 heteroatoms. The maximum Gasteiger partial charge on any atom is 0.348 e. The number of hydrogen-bond donors (Lipinski definition) is 2. The highest BCUT2D eigenvalue weighted by atomic mass is 16.3. The molecule has 3 atom stereocenters. The third-order valence-electron chi connectivity index (χ3n) is 4.65. The van der Waals surface area contributed by atoms with Gasteiger partial charge in [0.25, 0.3) is 0 Å². The first-order valence-electron chi connectivity index (χ1n) is 8.39. The highest BCUT2D eigenvalue weighted by Crippen LogP contribution is 2.25. The summed E-state index contributed by atoms with van der Waals surface area (Å²) in [6.07, 6.45) is 1.52. The van der Waals surface area contributed by atoms with E-state index < -0.39 is 11.8 Å². The zero-order valence-electron chi connectivity index (χ0n) is 14.1. The number of aliphatic hydroxyl groups is 1. The number of nitrogens with zero attached hydrogens (tertiary/aromatic N) is 4. The van der Waals surface area contributed by atoms with Gasteiger partial charge in [0.2, 0.25) is 0 Å². The van der Waals surface area contributed by atoms with Crippen molar-refractivity contribution in [2.45, 2.75) is 38.1 Å². The van der Waals surface area contributed by atoms with Gasteiger partial charge in [0.1, 0.15) is 6.33 Å². The lowest BCUT2D eigenvalue weighted by Crippen LogP contribution is -2.59. The smallest absolute Gasteiger partial charge is 0.348 e. The van der Waals surface area contributed by atoms with Gasteiger partial charge in [-0.1, -0.05) is 37.3 Å². The van der Waals surface area contributed by atoms with Crippen LogP contribution in [0.4, 0.5) is 0 Å². The second kappa shape index (κ2) is 6.88. The summed E-state index contributed by atoms with van der Waals surface area (Å²) in [6, 6.07) is 9.45. The Morgan fingerprint density at radius 3 is 2.71 bits per heavy atom. The topological polar surface area (TPSA) is 86.2 Å². The molecule has 1 aliphatic rings. The zero-order valence-corrected chi connectivity index (χ0v) is 14.1. The molecule has 24 heavy (non-hydrogen) atoms. The summed E-state index contributed by atoms with van der Waals surface area (Å²) < 4.78 is 2.96. The molecular formula is C17H24N5O2. The summed E-state index contributed by atoms with van der Waals surface area (Å²) in [5.74, 6) is 0. The van der Waals surface area contributed by atoms with Crippen LogP contribution in [-0.4, -0.2) is 45.2 Å². The summed E-state index contributed by atoms with van der Waals surface area (Å²) in [5.41, 5.74) is -0.103. The maximum atomic E-state index is 13.0. The molecule has 3 rings (SSSR count). The molecule has 7 nitrogen and oxygen atoms in total. The van der Waals surface area contributed by atoms with E-state index in [4.69, 9.17) is 5.32 Å². The Labute approximate surface area is 141 Å². The Morgan fingerprint density at radius 1 is 1.38 bits per heavy atom. The van der Waals surface area contributed by atoms with Gasteiger partial charge in [0, 0.05) is 19.6 Å². The largest absolute Gasteiger partial charge is 0.391 e. The van der Waals surface area contributed by atoms with Gasteiger partial charge in [-0.15, -0.1) is 0 Å². The third kappa shape index (κ3) is 2.79. The van der Waals surface area contributed by atoms with E-state index in [9.17, 15) is 9.90 Å². The van der Waals surface area contributed by atoms with Gasteiger partial charge < -0.3 is 10.4 Å². The highest BCUT2D eigenvalue weighted by molar-refractivity contribution is 5.26. The number of aliphatic hydroxyl groups excluding tert-OH is 1. The lowest BCUT2D eigenvalue weighted by Gasteiger charge is -2.37. The van der Waals surface area contributed by atoms with E-state index in [2.05, 4.69) is 10.4 Å². The van der Waals surface area contributed by atoms with E-state index in [0.29, 0.717) is 19.5 Å². The van der Waals surface area contributed by atoms with Crippen LogP contribution in [0.1, 0.15) is 31.9 Å². The fourth-order valence-electron chi connectivity index (χ4n) is 3.35. The third-order valence-corrected chi connectivity index (χ3v) is 4.65. The Morgan fingerprint density at radius 2 is 2.12 bits per heavy atom. The van der Waals surface area contributed by atoms with Crippen molar-refractivity contribution in [2.24, 2.45) is 0 Å². The molecule has 0 aliphatic carbocycles. The summed E-state index contributed by atoms with van der Waals surface area (Å²) in [7, 11) is 0. The molecule has 1 aromatic heterocycles. The van der Waals surface area contributed by atoms with Crippen molar-refractivity contribution in [2.75, 3.05) is 19.6 Å².